The van der Waals surface area contributed by atoms with Gasteiger partial charge in [-0.25, -0.2) is 0 Å². The Hall–Kier alpha value is -3.46. The first-order valence-corrected chi connectivity index (χ1v) is 8.90. The largest absolute Gasteiger partial charge is 0.324 e. The van der Waals surface area contributed by atoms with Gasteiger partial charge in [-0.05, 0) is 28.8 Å². The number of anilines is 1. The molecule has 0 heterocycles. The Bertz CT molecular complexity index is 900. The highest BCUT2D eigenvalue weighted by molar-refractivity contribution is 5.96. The lowest BCUT2D eigenvalue weighted by molar-refractivity contribution is -0.117. The highest BCUT2D eigenvalue weighted by Gasteiger charge is 2.17. The average molecular weight is 354 g/mol. The molecule has 134 valence electrons. The lowest BCUT2D eigenvalue weighted by Crippen LogP contribution is -2.28. The minimum Gasteiger partial charge on any atom is -0.324 e. The van der Waals surface area contributed by atoms with Crippen LogP contribution in [0.15, 0.2) is 96.5 Å². The molecule has 1 unspecified atom stereocenters. The third kappa shape index (κ3) is 5.51. The Morgan fingerprint density at radius 3 is 2.11 bits per heavy atom. The summed E-state index contributed by atoms with van der Waals surface area (Å²) in [5.74, 6) is -0.121. The topological polar surface area (TPSA) is 41.5 Å². The van der Waals surface area contributed by atoms with E-state index in [1.54, 1.807) is 12.3 Å². The standard InChI is InChI=1S/C24H22N2O/c1-2-19-13-15-21(16-14-19)18-25-23(17-20-9-5-3-6-10-20)24(27)26-22-11-7-4-8-12-22/h2-16,18,23H,1,17H2,(H,26,27)/b25-18+. The number of carbonyl (C=O) groups is 1. The summed E-state index contributed by atoms with van der Waals surface area (Å²) < 4.78 is 0. The van der Waals surface area contributed by atoms with Crippen LogP contribution in [0.1, 0.15) is 16.7 Å². The van der Waals surface area contributed by atoms with E-state index < -0.39 is 6.04 Å². The molecule has 0 aromatic heterocycles. The molecule has 27 heavy (non-hydrogen) atoms. The number of hydrogen-bond donors (Lipinski definition) is 1. The van der Waals surface area contributed by atoms with Crippen molar-refractivity contribution in [2.45, 2.75) is 12.5 Å². The second-order valence-electron chi connectivity index (χ2n) is 6.21. The molecule has 0 aliphatic heterocycles. The molecule has 0 saturated carbocycles. The van der Waals surface area contributed by atoms with Crippen molar-refractivity contribution in [2.75, 3.05) is 5.32 Å². The summed E-state index contributed by atoms with van der Waals surface area (Å²) in [5.41, 5.74) is 3.84. The van der Waals surface area contributed by atoms with Gasteiger partial charge in [-0.2, -0.15) is 0 Å². The average Bonchev–Trinajstić information content (AvgIpc) is 2.73. The van der Waals surface area contributed by atoms with E-state index in [4.69, 9.17) is 0 Å². The van der Waals surface area contributed by atoms with Gasteiger partial charge in [0, 0.05) is 18.3 Å². The zero-order chi connectivity index (χ0) is 18.9. The zero-order valence-corrected chi connectivity index (χ0v) is 15.1. The van der Waals surface area contributed by atoms with E-state index in [0.29, 0.717) is 6.42 Å². The maximum Gasteiger partial charge on any atom is 0.249 e. The molecule has 3 heteroatoms. The van der Waals surface area contributed by atoms with Gasteiger partial charge in [-0.3, -0.25) is 9.79 Å². The summed E-state index contributed by atoms with van der Waals surface area (Å²) in [6.45, 7) is 3.76. The van der Waals surface area contributed by atoms with Gasteiger partial charge in [0.2, 0.25) is 5.91 Å². The third-order valence-corrected chi connectivity index (χ3v) is 4.19. The third-order valence-electron chi connectivity index (χ3n) is 4.19. The molecule has 0 aliphatic rings. The fraction of sp³-hybridized carbons (Fsp3) is 0.0833. The molecule has 1 atom stereocenters. The van der Waals surface area contributed by atoms with Gasteiger partial charge in [-0.1, -0.05) is 85.5 Å². The quantitative estimate of drug-likeness (QED) is 0.596. The fourth-order valence-electron chi connectivity index (χ4n) is 2.69. The van der Waals surface area contributed by atoms with Gasteiger partial charge in [-0.15, -0.1) is 0 Å². The Balaban J connectivity index is 1.78. The molecule has 3 rings (SSSR count). The fourth-order valence-corrected chi connectivity index (χ4v) is 2.69. The predicted molar refractivity (Wildman–Crippen MR) is 113 cm³/mol. The predicted octanol–water partition coefficient (Wildman–Crippen LogP) is 5.00. The van der Waals surface area contributed by atoms with Crippen molar-refractivity contribution >= 4 is 23.9 Å². The van der Waals surface area contributed by atoms with Crippen LogP contribution in [0.5, 0.6) is 0 Å². The summed E-state index contributed by atoms with van der Waals surface area (Å²) in [6.07, 6.45) is 4.10. The number of benzene rings is 3. The van der Waals surface area contributed by atoms with Crippen LogP contribution in [0.3, 0.4) is 0 Å². The maximum atomic E-state index is 12.8. The SMILES string of the molecule is C=Cc1ccc(/C=N/C(Cc2ccccc2)C(=O)Nc2ccccc2)cc1. The molecular weight excluding hydrogens is 332 g/mol. The van der Waals surface area contributed by atoms with Crippen molar-refractivity contribution in [1.82, 2.24) is 0 Å². The van der Waals surface area contributed by atoms with Crippen molar-refractivity contribution in [2.24, 2.45) is 4.99 Å². The molecular formula is C24H22N2O. The molecule has 3 aromatic rings. The number of hydrogen-bond acceptors (Lipinski definition) is 2. The lowest BCUT2D eigenvalue weighted by Gasteiger charge is -2.13. The van der Waals surface area contributed by atoms with Crippen molar-refractivity contribution in [3.05, 3.63) is 108 Å². The smallest absolute Gasteiger partial charge is 0.249 e. The van der Waals surface area contributed by atoms with E-state index in [2.05, 4.69) is 16.9 Å². The summed E-state index contributed by atoms with van der Waals surface area (Å²) in [5, 5.41) is 2.95. The molecule has 0 radical (unpaired) electrons. The number of rotatable bonds is 7. The first-order chi connectivity index (χ1) is 13.2. The summed E-state index contributed by atoms with van der Waals surface area (Å²) in [4.78, 5) is 17.4. The Morgan fingerprint density at radius 2 is 1.48 bits per heavy atom. The molecule has 0 aliphatic carbocycles. The second-order valence-corrected chi connectivity index (χ2v) is 6.21. The lowest BCUT2D eigenvalue weighted by atomic mass is 10.1. The second kappa shape index (κ2) is 9.30. The van der Waals surface area contributed by atoms with Crippen LogP contribution >= 0.6 is 0 Å². The summed E-state index contributed by atoms with van der Waals surface area (Å²) in [7, 11) is 0. The maximum absolute atomic E-state index is 12.8. The molecule has 0 spiro atoms. The van der Waals surface area contributed by atoms with Crippen LogP contribution in [0.2, 0.25) is 0 Å². The highest BCUT2D eigenvalue weighted by atomic mass is 16.2. The molecule has 1 N–H and O–H groups in total. The highest BCUT2D eigenvalue weighted by Crippen LogP contribution is 2.12. The van der Waals surface area contributed by atoms with Crippen molar-refractivity contribution in [1.29, 1.82) is 0 Å². The van der Waals surface area contributed by atoms with Crippen LogP contribution in [-0.4, -0.2) is 18.2 Å². The number of carbonyl (C=O) groups excluding carboxylic acids is 1. The Kier molecular flexibility index (Phi) is 6.31. The first-order valence-electron chi connectivity index (χ1n) is 8.90. The zero-order valence-electron chi connectivity index (χ0n) is 15.1. The minimum atomic E-state index is -0.508. The van der Waals surface area contributed by atoms with Crippen molar-refractivity contribution in [3.8, 4) is 0 Å². The molecule has 0 saturated heterocycles. The van der Waals surface area contributed by atoms with Crippen LogP contribution < -0.4 is 5.32 Å². The monoisotopic (exact) mass is 354 g/mol. The number of amides is 1. The van der Waals surface area contributed by atoms with Crippen LogP contribution in [-0.2, 0) is 11.2 Å². The van der Waals surface area contributed by atoms with Crippen LogP contribution in [0, 0.1) is 0 Å². The van der Waals surface area contributed by atoms with Crippen molar-refractivity contribution < 1.29 is 4.79 Å². The van der Waals surface area contributed by atoms with Crippen molar-refractivity contribution in [3.63, 3.8) is 0 Å². The number of aliphatic imine (C=N–C) groups is 1. The minimum absolute atomic E-state index is 0.121. The van der Waals surface area contributed by atoms with Gasteiger partial charge >= 0.3 is 0 Å². The molecule has 0 fully saturated rings. The summed E-state index contributed by atoms with van der Waals surface area (Å²) in [6, 6.07) is 26.8. The van der Waals surface area contributed by atoms with Gasteiger partial charge in [0.1, 0.15) is 6.04 Å². The molecule has 3 nitrogen and oxygen atoms in total. The molecule has 3 aromatic carbocycles. The summed E-state index contributed by atoms with van der Waals surface area (Å²) >= 11 is 0. The molecule has 1 amide bonds. The van der Waals surface area contributed by atoms with Gasteiger partial charge in [0.15, 0.2) is 0 Å². The van der Waals surface area contributed by atoms with E-state index in [0.717, 1.165) is 22.4 Å². The van der Waals surface area contributed by atoms with Crippen LogP contribution in [0.25, 0.3) is 6.08 Å². The number of para-hydroxylation sites is 1. The Morgan fingerprint density at radius 1 is 0.889 bits per heavy atom. The van der Waals surface area contributed by atoms with E-state index in [-0.39, 0.29) is 5.91 Å². The van der Waals surface area contributed by atoms with Gasteiger partial charge in [0.05, 0.1) is 0 Å². The van der Waals surface area contributed by atoms with E-state index in [1.807, 2.05) is 84.9 Å². The van der Waals surface area contributed by atoms with Gasteiger partial charge < -0.3 is 5.32 Å². The van der Waals surface area contributed by atoms with E-state index >= 15 is 0 Å². The Labute approximate surface area is 160 Å². The van der Waals surface area contributed by atoms with E-state index in [1.165, 1.54) is 0 Å². The molecule has 0 bridgehead atoms. The normalized spacial score (nSPS) is 11.9. The first kappa shape index (κ1) is 18.3. The number of nitrogens with zero attached hydrogens (tertiary/aromatic N) is 1. The van der Waals surface area contributed by atoms with E-state index in [9.17, 15) is 4.79 Å². The van der Waals surface area contributed by atoms with Gasteiger partial charge in [0.25, 0.3) is 0 Å². The number of nitrogens with one attached hydrogen (secondary N) is 1. The van der Waals surface area contributed by atoms with Crippen LogP contribution in [0.4, 0.5) is 5.69 Å².